The average molecular weight is 608 g/mol. The molecule has 0 spiro atoms. The molecule has 5 rings (SSSR count). The zero-order chi connectivity index (χ0) is 29.3. The third-order valence-electron chi connectivity index (χ3n) is 7.83. The van der Waals surface area contributed by atoms with Crippen LogP contribution in [0.5, 0.6) is 5.75 Å². The Labute approximate surface area is 245 Å². The molecular formula is C29H29ClF3N3O4S. The van der Waals surface area contributed by atoms with Crippen LogP contribution < -0.4 is 10.1 Å². The second-order valence-corrected chi connectivity index (χ2v) is 12.4. The third kappa shape index (κ3) is 6.60. The second-order valence-electron chi connectivity index (χ2n) is 10.7. The maximum atomic E-state index is 14.4. The van der Waals surface area contributed by atoms with Crippen LogP contribution in [0, 0.1) is 11.3 Å². The fourth-order valence-electron chi connectivity index (χ4n) is 5.45. The average Bonchev–Trinajstić information content (AvgIpc) is 3.61. The number of hydrogen-bond acceptors (Lipinski definition) is 6. The van der Waals surface area contributed by atoms with E-state index in [0.717, 1.165) is 5.56 Å². The highest BCUT2D eigenvalue weighted by Crippen LogP contribution is 2.43. The summed E-state index contributed by atoms with van der Waals surface area (Å²) in [7, 11) is 0. The van der Waals surface area contributed by atoms with E-state index < -0.39 is 29.8 Å². The van der Waals surface area contributed by atoms with Gasteiger partial charge in [-0.15, -0.1) is 11.8 Å². The Bertz CT molecular complexity index is 1330. The third-order valence-corrected chi connectivity index (χ3v) is 9.54. The first-order chi connectivity index (χ1) is 19.5. The van der Waals surface area contributed by atoms with Crippen molar-refractivity contribution in [2.24, 2.45) is 0 Å². The molecular weight excluding hydrogens is 579 g/mol. The number of alkyl halides is 3. The standard InChI is InChI=1S/C29H29ClF3N3O4S/c30-22-14-20(40-18-29(31,32)33)6-7-24(22)41-21-15-23(25(37)35-27(17-34)8-9-27)36(16-21)26(38)28(10-12-39-13-11-28)19-4-2-1-3-5-19/h1-7,14,21,23H,8-13,15-16,18H2,(H,35,37)/t21-,23+/m1/s1. The molecule has 3 fully saturated rings. The number of thioether (sulfide) groups is 1. The number of carbonyl (C=O) groups excluding carboxylic acids is 2. The Hall–Kier alpha value is -2.94. The number of rotatable bonds is 8. The number of hydrogen-bond donors (Lipinski definition) is 1. The van der Waals surface area contributed by atoms with Crippen LogP contribution >= 0.6 is 23.4 Å². The highest BCUT2D eigenvalue weighted by Gasteiger charge is 2.52. The molecule has 1 N–H and O–H groups in total. The van der Waals surface area contributed by atoms with Crippen LogP contribution in [0.1, 0.15) is 37.7 Å². The molecule has 12 heteroatoms. The normalized spacial score (nSPS) is 23.0. The first-order valence-electron chi connectivity index (χ1n) is 13.4. The molecule has 0 unspecified atom stereocenters. The van der Waals surface area contributed by atoms with Gasteiger partial charge in [-0.3, -0.25) is 9.59 Å². The number of nitriles is 1. The van der Waals surface area contributed by atoms with Gasteiger partial charge in [-0.2, -0.15) is 18.4 Å². The molecule has 3 aliphatic rings. The van der Waals surface area contributed by atoms with Gasteiger partial charge in [-0.1, -0.05) is 41.9 Å². The van der Waals surface area contributed by atoms with Gasteiger partial charge >= 0.3 is 6.18 Å². The molecule has 2 amide bonds. The van der Waals surface area contributed by atoms with Gasteiger partial charge in [0.1, 0.15) is 17.3 Å². The summed E-state index contributed by atoms with van der Waals surface area (Å²) in [5.41, 5.74) is -0.863. The van der Waals surface area contributed by atoms with Gasteiger partial charge in [0.25, 0.3) is 0 Å². The van der Waals surface area contributed by atoms with Gasteiger partial charge in [0.15, 0.2) is 6.61 Å². The summed E-state index contributed by atoms with van der Waals surface area (Å²) in [5, 5.41) is 12.4. The van der Waals surface area contributed by atoms with Crippen LogP contribution in [0.3, 0.4) is 0 Å². The Balaban J connectivity index is 1.39. The van der Waals surface area contributed by atoms with Crippen molar-refractivity contribution in [3.8, 4) is 11.8 Å². The van der Waals surface area contributed by atoms with Gasteiger partial charge in [0.05, 0.1) is 16.5 Å². The lowest BCUT2D eigenvalue weighted by Gasteiger charge is -2.40. The Kier molecular flexibility index (Phi) is 8.46. The van der Waals surface area contributed by atoms with E-state index in [2.05, 4.69) is 11.4 Å². The lowest BCUT2D eigenvalue weighted by Crippen LogP contribution is -2.55. The highest BCUT2D eigenvalue weighted by molar-refractivity contribution is 8.00. The van der Waals surface area contributed by atoms with Crippen molar-refractivity contribution in [3.05, 3.63) is 59.1 Å². The molecule has 2 heterocycles. The number of carbonyl (C=O) groups is 2. The van der Waals surface area contributed by atoms with E-state index in [1.807, 2.05) is 30.3 Å². The molecule has 0 aromatic heterocycles. The van der Waals surface area contributed by atoms with Gasteiger partial charge < -0.3 is 19.7 Å². The van der Waals surface area contributed by atoms with Crippen molar-refractivity contribution in [1.29, 1.82) is 5.26 Å². The van der Waals surface area contributed by atoms with Crippen molar-refractivity contribution < 1.29 is 32.2 Å². The molecule has 1 saturated carbocycles. The minimum Gasteiger partial charge on any atom is -0.484 e. The van der Waals surface area contributed by atoms with Crippen LogP contribution in [0.25, 0.3) is 0 Å². The van der Waals surface area contributed by atoms with Gasteiger partial charge in [0, 0.05) is 29.9 Å². The molecule has 2 aromatic carbocycles. The summed E-state index contributed by atoms with van der Waals surface area (Å²) in [6.07, 6.45) is -2.05. The maximum absolute atomic E-state index is 14.4. The summed E-state index contributed by atoms with van der Waals surface area (Å²) >= 11 is 7.76. The Morgan fingerprint density at radius 2 is 1.85 bits per heavy atom. The van der Waals surface area contributed by atoms with Crippen LogP contribution in [0.4, 0.5) is 13.2 Å². The molecule has 0 bridgehead atoms. The number of ether oxygens (including phenoxy) is 2. The van der Waals surface area contributed by atoms with Crippen LogP contribution in [0.2, 0.25) is 5.02 Å². The van der Waals surface area contributed by atoms with Crippen molar-refractivity contribution >= 4 is 35.2 Å². The van der Waals surface area contributed by atoms with E-state index in [9.17, 15) is 28.0 Å². The summed E-state index contributed by atoms with van der Waals surface area (Å²) in [6.45, 7) is -0.331. The van der Waals surface area contributed by atoms with Crippen molar-refractivity contribution in [3.63, 3.8) is 0 Å². The predicted molar refractivity (Wildman–Crippen MR) is 147 cm³/mol. The van der Waals surface area contributed by atoms with E-state index in [0.29, 0.717) is 50.2 Å². The van der Waals surface area contributed by atoms with Gasteiger partial charge in [-0.25, -0.2) is 0 Å². The summed E-state index contributed by atoms with van der Waals surface area (Å²) in [4.78, 5) is 30.2. The fourth-order valence-corrected chi connectivity index (χ4v) is 6.95. The molecule has 2 saturated heterocycles. The van der Waals surface area contributed by atoms with E-state index in [4.69, 9.17) is 21.1 Å². The first-order valence-corrected chi connectivity index (χ1v) is 14.6. The quantitative estimate of drug-likeness (QED) is 0.440. The monoisotopic (exact) mass is 607 g/mol. The predicted octanol–water partition coefficient (Wildman–Crippen LogP) is 5.26. The molecule has 218 valence electrons. The lowest BCUT2D eigenvalue weighted by molar-refractivity contribution is -0.153. The number of nitrogens with zero attached hydrogens (tertiary/aromatic N) is 2. The van der Waals surface area contributed by atoms with E-state index in [1.165, 1.54) is 23.9 Å². The summed E-state index contributed by atoms with van der Waals surface area (Å²) in [6, 6.07) is 15.2. The zero-order valence-electron chi connectivity index (χ0n) is 22.1. The zero-order valence-corrected chi connectivity index (χ0v) is 23.7. The SMILES string of the molecule is N#CC1(NC(=O)[C@@H]2C[C@@H](Sc3ccc(OCC(F)(F)F)cc3Cl)CN2C(=O)C2(c3ccccc3)CCOCC2)CC1. The summed E-state index contributed by atoms with van der Waals surface area (Å²) in [5.74, 6) is -0.524. The topological polar surface area (TPSA) is 91.7 Å². The maximum Gasteiger partial charge on any atom is 0.422 e. The molecule has 0 radical (unpaired) electrons. The van der Waals surface area contributed by atoms with Crippen molar-refractivity contribution in [1.82, 2.24) is 10.2 Å². The van der Waals surface area contributed by atoms with Crippen molar-refractivity contribution in [2.75, 3.05) is 26.4 Å². The number of nitrogens with one attached hydrogen (secondary N) is 1. The molecule has 2 aromatic rings. The second kappa shape index (κ2) is 11.7. The van der Waals surface area contributed by atoms with Crippen LogP contribution in [-0.2, 0) is 19.7 Å². The molecule has 41 heavy (non-hydrogen) atoms. The summed E-state index contributed by atoms with van der Waals surface area (Å²) < 4.78 is 48.0. The Morgan fingerprint density at radius 1 is 1.15 bits per heavy atom. The lowest BCUT2D eigenvalue weighted by atomic mass is 9.73. The van der Waals surface area contributed by atoms with Crippen LogP contribution in [-0.4, -0.2) is 66.1 Å². The van der Waals surface area contributed by atoms with E-state index in [1.54, 1.807) is 11.0 Å². The number of amides is 2. The van der Waals surface area contributed by atoms with Gasteiger partial charge in [-0.05, 0) is 55.9 Å². The number of likely N-dealkylation sites (tertiary alicyclic amines) is 1. The van der Waals surface area contributed by atoms with Crippen LogP contribution in [0.15, 0.2) is 53.4 Å². The molecule has 2 atom stereocenters. The van der Waals surface area contributed by atoms with E-state index >= 15 is 0 Å². The smallest absolute Gasteiger partial charge is 0.422 e. The largest absolute Gasteiger partial charge is 0.484 e. The number of halogens is 4. The molecule has 1 aliphatic carbocycles. The first kappa shape index (κ1) is 29.5. The minimum absolute atomic E-state index is 0.00675. The fraction of sp³-hybridized carbons (Fsp3) is 0.483. The van der Waals surface area contributed by atoms with Gasteiger partial charge in [0.2, 0.25) is 11.8 Å². The minimum atomic E-state index is -4.47. The Morgan fingerprint density at radius 3 is 2.46 bits per heavy atom. The van der Waals surface area contributed by atoms with Crippen molar-refractivity contribution in [2.45, 2.75) is 65.4 Å². The molecule has 7 nitrogen and oxygen atoms in total. The highest BCUT2D eigenvalue weighted by atomic mass is 35.5. The molecule has 2 aliphatic heterocycles. The van der Waals surface area contributed by atoms with E-state index in [-0.39, 0.29) is 34.4 Å². The number of benzene rings is 2.